The van der Waals surface area contributed by atoms with Gasteiger partial charge >= 0.3 is 11.2 Å². The molecule has 3 aromatic rings. The van der Waals surface area contributed by atoms with Gasteiger partial charge in [0.2, 0.25) is 0 Å². The van der Waals surface area contributed by atoms with Crippen molar-refractivity contribution in [1.29, 1.82) is 0 Å². The third kappa shape index (κ3) is 3.90. The van der Waals surface area contributed by atoms with Crippen LogP contribution >= 0.6 is 11.8 Å². The molecule has 0 spiro atoms. The predicted octanol–water partition coefficient (Wildman–Crippen LogP) is 3.16. The fourth-order valence-electron chi connectivity index (χ4n) is 2.92. The highest BCUT2D eigenvalue weighted by atomic mass is 32.2. The Morgan fingerprint density at radius 2 is 2.00 bits per heavy atom. The van der Waals surface area contributed by atoms with Gasteiger partial charge in [-0.15, -0.1) is 5.10 Å². The largest absolute Gasteiger partial charge is 0.446 e. The smallest absolute Gasteiger partial charge is 0.249 e. The zero-order valence-electron chi connectivity index (χ0n) is 15.0. The van der Waals surface area contributed by atoms with Crippen molar-refractivity contribution in [3.63, 3.8) is 0 Å². The van der Waals surface area contributed by atoms with Gasteiger partial charge in [-0.05, 0) is 54.3 Å². The Balaban J connectivity index is 1.88. The van der Waals surface area contributed by atoms with Gasteiger partial charge in [0.1, 0.15) is 4.90 Å². The Kier molecular flexibility index (Phi) is 4.73. The summed E-state index contributed by atoms with van der Waals surface area (Å²) in [5, 5.41) is 4.07. The summed E-state index contributed by atoms with van der Waals surface area (Å²) in [6.07, 6.45) is 4.43. The molecule has 0 aromatic carbocycles. The first-order valence-corrected chi connectivity index (χ1v) is 11.2. The second kappa shape index (κ2) is 6.87. The molecule has 1 fully saturated rings. The number of rotatable bonds is 5. The molecule has 0 N–H and O–H groups in total. The Morgan fingerprint density at radius 3 is 2.62 bits per heavy atom. The van der Waals surface area contributed by atoms with Crippen molar-refractivity contribution in [2.45, 2.75) is 41.0 Å². The van der Waals surface area contributed by atoms with E-state index in [9.17, 15) is 26.4 Å². The van der Waals surface area contributed by atoms with E-state index >= 15 is 0 Å². The van der Waals surface area contributed by atoms with E-state index in [1.54, 1.807) is 0 Å². The van der Waals surface area contributed by atoms with Crippen LogP contribution in [0.4, 0.5) is 13.2 Å². The number of fused-ring (bicyclic) bond motifs is 1. The minimum atomic E-state index is -4.50. The van der Waals surface area contributed by atoms with Crippen LogP contribution in [0.5, 0.6) is 0 Å². The SMILES string of the molecule is CCS(=O)(=O)c1cc(C2CC2)cnc1-n1nc2ccc(SC(F)(F)F)cn2c1=O. The molecule has 3 heterocycles. The zero-order valence-corrected chi connectivity index (χ0v) is 16.7. The average Bonchev–Trinajstić information content (AvgIpc) is 3.45. The lowest BCUT2D eigenvalue weighted by atomic mass is 10.2. The molecule has 1 aliphatic rings. The number of halogens is 3. The van der Waals surface area contributed by atoms with Crippen molar-refractivity contribution in [1.82, 2.24) is 19.2 Å². The van der Waals surface area contributed by atoms with Crippen LogP contribution in [0.1, 0.15) is 31.2 Å². The molecular weight excluding hydrogens is 429 g/mol. The summed E-state index contributed by atoms with van der Waals surface area (Å²) >= 11 is -0.356. The number of thioether (sulfide) groups is 1. The van der Waals surface area contributed by atoms with Crippen LogP contribution < -0.4 is 5.69 Å². The molecule has 29 heavy (non-hydrogen) atoms. The number of pyridine rings is 2. The second-order valence-corrected chi connectivity index (χ2v) is 9.99. The van der Waals surface area contributed by atoms with E-state index in [0.717, 1.165) is 33.7 Å². The monoisotopic (exact) mass is 444 g/mol. The van der Waals surface area contributed by atoms with Crippen LogP contribution in [0.3, 0.4) is 0 Å². The maximum atomic E-state index is 12.8. The first-order valence-electron chi connectivity index (χ1n) is 8.69. The van der Waals surface area contributed by atoms with Gasteiger partial charge in [0.15, 0.2) is 21.3 Å². The summed E-state index contributed by atoms with van der Waals surface area (Å²) in [4.78, 5) is 16.7. The molecule has 7 nitrogen and oxygen atoms in total. The summed E-state index contributed by atoms with van der Waals surface area (Å²) in [6.45, 7) is 1.48. The highest BCUT2D eigenvalue weighted by Crippen LogP contribution is 2.41. The average molecular weight is 444 g/mol. The van der Waals surface area contributed by atoms with Gasteiger partial charge in [0, 0.05) is 17.3 Å². The number of hydrogen-bond acceptors (Lipinski definition) is 6. The number of sulfone groups is 1. The predicted molar refractivity (Wildman–Crippen MR) is 100 cm³/mol. The summed E-state index contributed by atoms with van der Waals surface area (Å²) in [5.74, 6) is -0.0957. The molecule has 0 atom stereocenters. The second-order valence-electron chi connectivity index (χ2n) is 6.60. The standard InChI is InChI=1S/C17H15F3N4O3S2/c1-2-29(26,27)13-7-11(10-3-4-10)8-21-15(13)24-16(25)23-9-12(28-17(18,19)20)5-6-14(23)22-24/h5-10H,2-4H2,1H3. The maximum absolute atomic E-state index is 12.8. The highest BCUT2D eigenvalue weighted by molar-refractivity contribution is 8.00. The molecule has 0 saturated heterocycles. The highest BCUT2D eigenvalue weighted by Gasteiger charge is 2.30. The fourth-order valence-corrected chi connectivity index (χ4v) is 4.53. The van der Waals surface area contributed by atoms with Crippen LogP contribution in [-0.2, 0) is 9.84 Å². The van der Waals surface area contributed by atoms with Gasteiger partial charge in [-0.2, -0.15) is 17.9 Å². The third-order valence-corrected chi connectivity index (χ3v) is 6.98. The van der Waals surface area contributed by atoms with Crippen molar-refractivity contribution in [2.24, 2.45) is 0 Å². The van der Waals surface area contributed by atoms with Crippen LogP contribution in [-0.4, -0.2) is 38.8 Å². The minimum absolute atomic E-state index is 0.0782. The number of alkyl halides is 3. The van der Waals surface area contributed by atoms with Crippen molar-refractivity contribution >= 4 is 27.2 Å². The van der Waals surface area contributed by atoms with Gasteiger partial charge < -0.3 is 0 Å². The molecule has 0 unspecified atom stereocenters. The van der Waals surface area contributed by atoms with E-state index in [0.29, 0.717) is 0 Å². The number of aromatic nitrogens is 4. The van der Waals surface area contributed by atoms with Gasteiger partial charge in [-0.1, -0.05) is 6.92 Å². The summed E-state index contributed by atoms with van der Waals surface area (Å²) < 4.78 is 64.8. The van der Waals surface area contributed by atoms with Crippen molar-refractivity contribution in [3.8, 4) is 5.82 Å². The van der Waals surface area contributed by atoms with Crippen molar-refractivity contribution in [2.75, 3.05) is 5.75 Å². The van der Waals surface area contributed by atoms with Crippen LogP contribution in [0, 0.1) is 0 Å². The Hall–Kier alpha value is -2.34. The van der Waals surface area contributed by atoms with Gasteiger partial charge in [0.25, 0.3) is 0 Å². The summed E-state index contributed by atoms with van der Waals surface area (Å²) in [6, 6.07) is 3.97. The molecule has 12 heteroatoms. The van der Waals surface area contributed by atoms with Crippen LogP contribution in [0.2, 0.25) is 0 Å². The molecule has 154 valence electrons. The lowest BCUT2D eigenvalue weighted by molar-refractivity contribution is -0.0328. The molecule has 1 aliphatic carbocycles. The molecule has 0 amide bonds. The molecule has 3 aromatic heterocycles. The lowest BCUT2D eigenvalue weighted by Gasteiger charge is -2.09. The number of hydrogen-bond donors (Lipinski definition) is 0. The molecular formula is C17H15F3N4O3S2. The lowest BCUT2D eigenvalue weighted by Crippen LogP contribution is -2.23. The van der Waals surface area contributed by atoms with Crippen molar-refractivity contribution < 1.29 is 21.6 Å². The molecule has 0 radical (unpaired) electrons. The quantitative estimate of drug-likeness (QED) is 0.562. The van der Waals surface area contributed by atoms with Crippen molar-refractivity contribution in [3.05, 3.63) is 46.6 Å². The van der Waals surface area contributed by atoms with Gasteiger partial charge in [-0.3, -0.25) is 0 Å². The Morgan fingerprint density at radius 1 is 1.28 bits per heavy atom. The van der Waals surface area contributed by atoms with Gasteiger partial charge in [0.05, 0.1) is 5.75 Å². The van der Waals surface area contributed by atoms with Crippen LogP contribution in [0.25, 0.3) is 11.5 Å². The zero-order chi connectivity index (χ0) is 21.0. The Bertz CT molecular complexity index is 1260. The first kappa shape index (κ1) is 20.0. The summed E-state index contributed by atoms with van der Waals surface area (Å²) in [5.41, 5.74) is -4.45. The summed E-state index contributed by atoms with van der Waals surface area (Å²) in [7, 11) is -3.72. The van der Waals surface area contributed by atoms with E-state index in [4.69, 9.17) is 0 Å². The van der Waals surface area contributed by atoms with Gasteiger partial charge in [-0.25, -0.2) is 22.6 Å². The molecule has 1 saturated carbocycles. The van der Waals surface area contributed by atoms with E-state index in [2.05, 4.69) is 10.1 Å². The maximum Gasteiger partial charge on any atom is 0.446 e. The van der Waals surface area contributed by atoms with E-state index < -0.39 is 21.0 Å². The Labute approximate surface area is 167 Å². The van der Waals surface area contributed by atoms with E-state index in [-0.39, 0.29) is 44.7 Å². The molecule has 0 aliphatic heterocycles. The van der Waals surface area contributed by atoms with E-state index in [1.165, 1.54) is 31.3 Å². The van der Waals surface area contributed by atoms with Crippen LogP contribution in [0.15, 0.2) is 45.2 Å². The third-order valence-electron chi connectivity index (χ3n) is 4.54. The topological polar surface area (TPSA) is 86.3 Å². The van der Waals surface area contributed by atoms with E-state index in [1.807, 2.05) is 0 Å². The molecule has 4 rings (SSSR count). The minimum Gasteiger partial charge on any atom is -0.249 e. The first-order chi connectivity index (χ1) is 13.6. The fraction of sp³-hybridized carbons (Fsp3) is 0.353. The molecule has 0 bridgehead atoms. The number of nitrogens with zero attached hydrogens (tertiary/aromatic N) is 4. The normalized spacial score (nSPS) is 15.2.